The van der Waals surface area contributed by atoms with E-state index in [4.69, 9.17) is 66.3 Å². The molecule has 2 N–H and O–H groups in total. The lowest BCUT2D eigenvalue weighted by molar-refractivity contribution is -0.298. The maximum atomic E-state index is 14.5. The Hall–Kier alpha value is -9.78. The highest BCUT2D eigenvalue weighted by Gasteiger charge is 2.63. The Morgan fingerprint density at radius 3 is 1.73 bits per heavy atom. The zero-order valence-electron chi connectivity index (χ0n) is 51.8. The molecule has 5 fully saturated rings. The average Bonchev–Trinajstić information content (AvgIpc) is 1.69. The van der Waals surface area contributed by atoms with Crippen molar-refractivity contribution in [3.05, 3.63) is 175 Å². The summed E-state index contributed by atoms with van der Waals surface area (Å²) in [7, 11) is 0. The van der Waals surface area contributed by atoms with Crippen LogP contribution in [-0.4, -0.2) is 177 Å². The van der Waals surface area contributed by atoms with Crippen molar-refractivity contribution >= 4 is 42.2 Å². The summed E-state index contributed by atoms with van der Waals surface area (Å²) in [5, 5.41) is 17.1. The average molecular weight is 1320 g/mol. The highest BCUT2D eigenvalue weighted by Crippen LogP contribution is 2.41. The van der Waals surface area contributed by atoms with Crippen LogP contribution in [0.1, 0.15) is 62.8 Å². The van der Waals surface area contributed by atoms with Crippen LogP contribution >= 0.6 is 0 Å². The highest BCUT2D eigenvalue weighted by molar-refractivity contribution is 5.72. The molecule has 0 radical (unpaired) electrons. The third-order valence-corrected chi connectivity index (χ3v) is 15.7. The van der Waals surface area contributed by atoms with E-state index >= 15 is 0 Å². The van der Waals surface area contributed by atoms with Crippen molar-refractivity contribution < 1.29 is 99.9 Å². The first-order valence-electron chi connectivity index (χ1n) is 30.3. The first kappa shape index (κ1) is 69.6. The topological polar surface area (TPSA) is 422 Å². The molecule has 33 heteroatoms. The first-order valence-corrected chi connectivity index (χ1v) is 30.3. The summed E-state index contributed by atoms with van der Waals surface area (Å²) in [6.07, 6.45) is -24.9. The van der Waals surface area contributed by atoms with Crippen LogP contribution in [-0.2, 0) is 112 Å². The number of carbonyl (C=O) groups excluding carboxylic acids is 7. The van der Waals surface area contributed by atoms with E-state index in [-0.39, 0.29) is 45.8 Å². The third kappa shape index (κ3) is 19.0. The number of rotatable bonds is 27. The molecule has 4 aliphatic heterocycles. The monoisotopic (exact) mass is 1320 g/mol. The molecule has 0 aromatic heterocycles. The van der Waals surface area contributed by atoms with Gasteiger partial charge in [0.05, 0.1) is 37.9 Å². The molecule has 18 atom stereocenters. The molecule has 33 nitrogen and oxygen atoms in total. The van der Waals surface area contributed by atoms with Gasteiger partial charge in [-0.2, -0.15) is 0 Å². The fraction of sp³-hybridized carbons (Fsp3) is 0.500. The van der Waals surface area contributed by atoms with E-state index in [1.807, 2.05) is 60.7 Å². The second kappa shape index (κ2) is 33.9. The van der Waals surface area contributed by atoms with E-state index in [2.05, 4.69) is 40.7 Å². The normalized spacial score (nSPS) is 28.9. The van der Waals surface area contributed by atoms with Crippen LogP contribution in [0.15, 0.2) is 137 Å². The van der Waals surface area contributed by atoms with Crippen molar-refractivity contribution in [3.8, 4) is 0 Å². The maximum absolute atomic E-state index is 14.5. The minimum Gasteiger partial charge on any atom is -0.463 e. The molecule has 95 heavy (non-hydrogen) atoms. The number of hydrogen-bond acceptors (Lipinski definition) is 24. The van der Waals surface area contributed by atoms with Crippen LogP contribution in [0.25, 0.3) is 31.3 Å². The van der Waals surface area contributed by atoms with Crippen molar-refractivity contribution in [2.45, 2.75) is 177 Å². The van der Waals surface area contributed by atoms with Gasteiger partial charge in [0.15, 0.2) is 43.3 Å². The minimum atomic E-state index is -1.92. The molecule has 4 saturated heterocycles. The van der Waals surface area contributed by atoms with Crippen molar-refractivity contribution in [1.29, 1.82) is 0 Å². The van der Waals surface area contributed by atoms with Crippen LogP contribution in [0.3, 0.4) is 0 Å². The van der Waals surface area contributed by atoms with Gasteiger partial charge in [-0.1, -0.05) is 137 Å². The SMILES string of the molecule is CC(=O)OC[C@H]1O[C@@H](O[C@H]2[C@H](O[C@H]3O[C@H](CN(Cc4ccccc4)C(=O)OCc4ccccc4)CC[C@H]3N=[N+]=[N-])[C@@H](NC(=O)OCc3ccccc3)[C@H](OCc3ccccc3)[C@H]3NC(=O)O[C@@H]32)[C@H](OC(C)=O)[C@@H]1O[C@H]1O[C@@H](CN=[N+]=[N-])[C@@H](OC(C)=O)[C@H](OC(C)=O)[C@H]1N=[N+]=[N-]. The number of hydrogen-bond donors (Lipinski definition) is 2. The van der Waals surface area contributed by atoms with E-state index in [0.29, 0.717) is 11.1 Å². The largest absolute Gasteiger partial charge is 0.463 e. The fourth-order valence-electron chi connectivity index (χ4n) is 11.7. The van der Waals surface area contributed by atoms with Gasteiger partial charge in [-0.15, -0.1) is 0 Å². The Bertz CT molecular complexity index is 3430. The third-order valence-electron chi connectivity index (χ3n) is 15.7. The molecule has 0 spiro atoms. The van der Waals surface area contributed by atoms with Crippen molar-refractivity contribution in [3.63, 3.8) is 0 Å². The Morgan fingerprint density at radius 2 is 1.13 bits per heavy atom. The molecule has 9 rings (SSSR count). The van der Waals surface area contributed by atoms with Crippen LogP contribution in [0, 0.1) is 0 Å². The molecule has 504 valence electrons. The number of fused-ring (bicyclic) bond motifs is 1. The summed E-state index contributed by atoms with van der Waals surface area (Å²) in [6, 6.07) is 30.2. The minimum absolute atomic E-state index is 0.0551. The Labute approximate surface area is 542 Å². The van der Waals surface area contributed by atoms with E-state index in [0.717, 1.165) is 38.8 Å². The van der Waals surface area contributed by atoms with Gasteiger partial charge < -0.3 is 81.8 Å². The molecule has 4 aromatic carbocycles. The molecule has 0 unspecified atom stereocenters. The lowest BCUT2D eigenvalue weighted by atomic mass is 9.81. The number of carbonyl (C=O) groups is 7. The zero-order valence-corrected chi connectivity index (χ0v) is 51.8. The number of nitrogens with zero attached hydrogens (tertiary/aromatic N) is 10. The number of benzene rings is 4. The summed E-state index contributed by atoms with van der Waals surface area (Å²) in [4.78, 5) is 104. The molecule has 1 aliphatic carbocycles. The lowest BCUT2D eigenvalue weighted by Crippen LogP contribution is -2.72. The lowest BCUT2D eigenvalue weighted by Gasteiger charge is -2.49. The van der Waals surface area contributed by atoms with E-state index < -0.39 is 165 Å². The smallest absolute Gasteiger partial charge is 0.410 e. The van der Waals surface area contributed by atoms with Gasteiger partial charge in [-0.05, 0) is 51.7 Å². The summed E-state index contributed by atoms with van der Waals surface area (Å²) >= 11 is 0. The van der Waals surface area contributed by atoms with Crippen LogP contribution in [0.4, 0.5) is 14.4 Å². The summed E-state index contributed by atoms with van der Waals surface area (Å²) in [6.45, 7) is 2.43. The Balaban J connectivity index is 1.13. The van der Waals surface area contributed by atoms with Gasteiger partial charge in [-0.3, -0.25) is 19.2 Å². The Kier molecular flexibility index (Phi) is 24.8. The second-order valence-corrected chi connectivity index (χ2v) is 22.4. The van der Waals surface area contributed by atoms with E-state index in [9.17, 15) is 50.2 Å². The molecular weight excluding hydrogens is 1250 g/mol. The number of alkyl carbamates (subject to hydrolysis) is 2. The van der Waals surface area contributed by atoms with Crippen LogP contribution < -0.4 is 10.6 Å². The van der Waals surface area contributed by atoms with Crippen LogP contribution in [0.5, 0.6) is 0 Å². The maximum Gasteiger partial charge on any atom is 0.410 e. The number of azide groups is 3. The molecule has 4 aromatic rings. The zero-order chi connectivity index (χ0) is 67.4. The summed E-state index contributed by atoms with van der Waals surface area (Å²) in [5.74, 6) is -3.67. The van der Waals surface area contributed by atoms with Gasteiger partial charge in [0.1, 0.15) is 68.5 Å². The highest BCUT2D eigenvalue weighted by atomic mass is 16.8. The van der Waals surface area contributed by atoms with Crippen molar-refractivity contribution in [2.24, 2.45) is 15.3 Å². The number of amides is 3. The fourth-order valence-corrected chi connectivity index (χ4v) is 11.7. The van der Waals surface area contributed by atoms with Gasteiger partial charge in [0.2, 0.25) is 0 Å². The van der Waals surface area contributed by atoms with Gasteiger partial charge in [0.25, 0.3) is 0 Å². The molecule has 1 saturated carbocycles. The molecule has 5 aliphatic rings. The van der Waals surface area contributed by atoms with E-state index in [1.54, 1.807) is 60.7 Å². The number of ether oxygens (including phenoxy) is 14. The second-order valence-electron chi connectivity index (χ2n) is 22.4. The first-order chi connectivity index (χ1) is 46.0. The molecule has 4 heterocycles. The molecule has 0 bridgehead atoms. The van der Waals surface area contributed by atoms with Gasteiger partial charge >= 0.3 is 42.2 Å². The van der Waals surface area contributed by atoms with E-state index in [1.165, 1.54) is 4.90 Å². The summed E-state index contributed by atoms with van der Waals surface area (Å²) < 4.78 is 87.2. The van der Waals surface area contributed by atoms with Gasteiger partial charge in [-0.25, -0.2) is 14.4 Å². The predicted octanol–water partition coefficient (Wildman–Crippen LogP) is 7.33. The molecular formula is C62H70N12O21. The van der Waals surface area contributed by atoms with Gasteiger partial charge in [0, 0.05) is 49.0 Å². The number of esters is 4. The Morgan fingerprint density at radius 1 is 0.568 bits per heavy atom. The summed E-state index contributed by atoms with van der Waals surface area (Å²) in [5.41, 5.74) is 32.2. The van der Waals surface area contributed by atoms with Crippen LogP contribution in [0.2, 0.25) is 0 Å². The molecule has 3 amide bonds. The predicted molar refractivity (Wildman–Crippen MR) is 322 cm³/mol. The standard InChI is InChI=1S/C62H70N12O21/c1-34(75)82-33-45-50(92-58-48(70-73-65)54(87-36(3)77)49(86-35(2)76)44(90-58)27-66-71-63)56(88-37(4)78)59(91-45)94-55-52(46(67-60(79)84-31-40-21-13-7-14-22-40)51(47-53(55)95-61(80)68-47)83-30-39-19-11-6-12-20-39)93-57-43(69-72-64)26-25-42(89-57)29-74(28-38-17-9-5-10-18-38)62(81)85-32-41-23-15-8-16-24-41/h5-24,42-59H,25-33H2,1-4H3,(H,67,79)(H,68,80)/t42-,43+,44-,45+,46-,47+,48+,49+,50+,51-,52+,53-,54+,55-,56+,57+,58+,59-/m0/s1. The number of nitrogens with one attached hydrogen (secondary N) is 2. The van der Waals surface area contributed by atoms with Crippen molar-refractivity contribution in [1.82, 2.24) is 15.5 Å². The van der Waals surface area contributed by atoms with Crippen molar-refractivity contribution in [2.75, 3.05) is 19.7 Å². The quantitative estimate of drug-likeness (QED) is 0.0194.